The van der Waals surface area contributed by atoms with Crippen LogP contribution in [0.2, 0.25) is 0 Å². The molecular weight excluding hydrogens is 460 g/mol. The first-order valence-corrected chi connectivity index (χ1v) is 12.2. The molecule has 5 atom stereocenters. The average molecular weight is 495 g/mol. The zero-order chi connectivity index (χ0) is 24.8. The molecular formula is C19H34N4O7S2. The normalized spacial score (nSPS) is 15.5. The molecule has 0 saturated heterocycles. The molecule has 0 saturated carbocycles. The van der Waals surface area contributed by atoms with Gasteiger partial charge in [0.15, 0.2) is 0 Å². The number of thioether (sulfide) groups is 1. The van der Waals surface area contributed by atoms with Crippen molar-refractivity contribution in [3.63, 3.8) is 0 Å². The number of carbonyl (C=O) groups is 5. The van der Waals surface area contributed by atoms with E-state index < -0.39 is 60.2 Å². The zero-order valence-electron chi connectivity index (χ0n) is 18.5. The summed E-state index contributed by atoms with van der Waals surface area (Å²) in [5.74, 6) is -4.17. The lowest BCUT2D eigenvalue weighted by Gasteiger charge is -2.28. The number of carboxylic acids is 2. The van der Waals surface area contributed by atoms with Crippen LogP contribution in [0.25, 0.3) is 0 Å². The van der Waals surface area contributed by atoms with E-state index in [2.05, 4.69) is 28.6 Å². The van der Waals surface area contributed by atoms with Crippen LogP contribution in [0.5, 0.6) is 0 Å². The minimum absolute atomic E-state index is 0.0908. The number of nitrogens with one attached hydrogen (secondary N) is 3. The Hall–Kier alpha value is -1.99. The van der Waals surface area contributed by atoms with Gasteiger partial charge in [-0.3, -0.25) is 19.2 Å². The van der Waals surface area contributed by atoms with Gasteiger partial charge >= 0.3 is 11.9 Å². The Morgan fingerprint density at radius 2 is 1.56 bits per heavy atom. The van der Waals surface area contributed by atoms with Crippen molar-refractivity contribution < 1.29 is 34.2 Å². The first-order valence-electron chi connectivity index (χ1n) is 10.2. The highest BCUT2D eigenvalue weighted by Gasteiger charge is 2.32. The predicted molar refractivity (Wildman–Crippen MR) is 125 cm³/mol. The highest BCUT2D eigenvalue weighted by molar-refractivity contribution is 7.98. The molecule has 184 valence electrons. The molecule has 0 aromatic heterocycles. The Kier molecular flexibility index (Phi) is 14.8. The topological polar surface area (TPSA) is 188 Å². The Labute approximate surface area is 197 Å². The summed E-state index contributed by atoms with van der Waals surface area (Å²) < 4.78 is 0. The molecule has 5 unspecified atom stereocenters. The van der Waals surface area contributed by atoms with Crippen molar-refractivity contribution in [3.05, 3.63) is 0 Å². The maximum absolute atomic E-state index is 12.9. The number of hydrogen-bond acceptors (Lipinski definition) is 8. The first-order chi connectivity index (χ1) is 15.0. The van der Waals surface area contributed by atoms with E-state index >= 15 is 0 Å². The van der Waals surface area contributed by atoms with E-state index in [1.807, 2.05) is 6.26 Å². The fourth-order valence-electron chi connectivity index (χ4n) is 2.61. The van der Waals surface area contributed by atoms with Crippen molar-refractivity contribution in [2.75, 3.05) is 17.8 Å². The molecule has 0 bridgehead atoms. The van der Waals surface area contributed by atoms with Crippen LogP contribution in [-0.2, 0) is 24.0 Å². The van der Waals surface area contributed by atoms with Crippen molar-refractivity contribution in [2.24, 2.45) is 11.7 Å². The van der Waals surface area contributed by atoms with Crippen LogP contribution >= 0.6 is 24.4 Å². The monoisotopic (exact) mass is 494 g/mol. The molecule has 0 aliphatic heterocycles. The lowest BCUT2D eigenvalue weighted by molar-refractivity contribution is -0.143. The van der Waals surface area contributed by atoms with Gasteiger partial charge in [-0.1, -0.05) is 20.3 Å². The molecule has 0 fully saturated rings. The molecule has 32 heavy (non-hydrogen) atoms. The van der Waals surface area contributed by atoms with E-state index in [0.717, 1.165) is 0 Å². The van der Waals surface area contributed by atoms with E-state index in [-0.39, 0.29) is 18.1 Å². The van der Waals surface area contributed by atoms with Crippen molar-refractivity contribution in [1.82, 2.24) is 16.0 Å². The molecule has 0 radical (unpaired) electrons. The van der Waals surface area contributed by atoms with Gasteiger partial charge in [0.05, 0.1) is 6.04 Å². The van der Waals surface area contributed by atoms with Gasteiger partial charge in [0.25, 0.3) is 0 Å². The molecule has 0 aliphatic rings. The maximum Gasteiger partial charge on any atom is 0.326 e. The van der Waals surface area contributed by atoms with E-state index in [1.54, 1.807) is 13.8 Å². The second-order valence-electron chi connectivity index (χ2n) is 7.34. The molecule has 3 amide bonds. The summed E-state index contributed by atoms with van der Waals surface area (Å²) in [7, 11) is 0. The minimum atomic E-state index is -1.41. The van der Waals surface area contributed by atoms with E-state index in [0.29, 0.717) is 18.6 Å². The summed E-state index contributed by atoms with van der Waals surface area (Å²) in [4.78, 5) is 60.0. The zero-order valence-corrected chi connectivity index (χ0v) is 20.2. The first kappa shape index (κ1) is 30.0. The molecule has 0 rings (SSSR count). The van der Waals surface area contributed by atoms with Crippen LogP contribution in [-0.4, -0.2) is 81.8 Å². The van der Waals surface area contributed by atoms with Gasteiger partial charge in [0.2, 0.25) is 17.7 Å². The number of rotatable bonds is 16. The van der Waals surface area contributed by atoms with Gasteiger partial charge in [-0.2, -0.15) is 24.4 Å². The summed E-state index contributed by atoms with van der Waals surface area (Å²) in [5, 5.41) is 25.5. The van der Waals surface area contributed by atoms with Crippen LogP contribution in [0.4, 0.5) is 0 Å². The van der Waals surface area contributed by atoms with Crippen LogP contribution < -0.4 is 21.7 Å². The molecule has 11 nitrogen and oxygen atoms in total. The second kappa shape index (κ2) is 15.8. The molecule has 0 aliphatic carbocycles. The summed E-state index contributed by atoms with van der Waals surface area (Å²) in [6.45, 7) is 3.51. The van der Waals surface area contributed by atoms with E-state index in [9.17, 15) is 29.1 Å². The van der Waals surface area contributed by atoms with Crippen molar-refractivity contribution in [3.8, 4) is 0 Å². The molecule has 0 heterocycles. The van der Waals surface area contributed by atoms with Gasteiger partial charge in [0, 0.05) is 12.2 Å². The van der Waals surface area contributed by atoms with Gasteiger partial charge in [0.1, 0.15) is 18.1 Å². The molecule has 0 aromatic carbocycles. The van der Waals surface area contributed by atoms with Crippen molar-refractivity contribution in [1.29, 1.82) is 0 Å². The molecule has 7 N–H and O–H groups in total. The van der Waals surface area contributed by atoms with Crippen LogP contribution in [0.15, 0.2) is 0 Å². The Balaban J connectivity index is 5.47. The Morgan fingerprint density at radius 3 is 2.03 bits per heavy atom. The largest absolute Gasteiger partial charge is 0.481 e. The van der Waals surface area contributed by atoms with E-state index in [1.165, 1.54) is 11.8 Å². The number of carbonyl (C=O) groups excluding carboxylic acids is 3. The minimum Gasteiger partial charge on any atom is -0.481 e. The average Bonchev–Trinajstić information content (AvgIpc) is 2.75. The summed E-state index contributed by atoms with van der Waals surface area (Å²) in [6, 6.07) is -4.33. The lowest BCUT2D eigenvalue weighted by Crippen LogP contribution is -2.58. The number of aliphatic carboxylic acids is 2. The number of nitrogens with two attached hydrogens (primary N) is 1. The molecule has 0 aromatic rings. The summed E-state index contributed by atoms with van der Waals surface area (Å²) >= 11 is 5.45. The van der Waals surface area contributed by atoms with E-state index in [4.69, 9.17) is 10.8 Å². The summed E-state index contributed by atoms with van der Waals surface area (Å²) in [6.07, 6.45) is 1.90. The number of thiol groups is 1. The number of carboxylic acid groups (broad SMARTS) is 2. The molecule has 13 heteroatoms. The third-order valence-electron chi connectivity index (χ3n) is 4.83. The van der Waals surface area contributed by atoms with Gasteiger partial charge in [-0.25, -0.2) is 4.79 Å². The predicted octanol–water partition coefficient (Wildman–Crippen LogP) is -0.553. The van der Waals surface area contributed by atoms with Crippen molar-refractivity contribution in [2.45, 2.75) is 63.7 Å². The summed E-state index contributed by atoms with van der Waals surface area (Å²) in [5.41, 5.74) is 5.66. The number of hydrogen-bond donors (Lipinski definition) is 7. The maximum atomic E-state index is 12.9. The highest BCUT2D eigenvalue weighted by Crippen LogP contribution is 2.11. The standard InChI is InChI=1S/C19H34N4O7S2/c1-4-10(2)15(18(28)22-13(19(29)30)5-6-14(24)25)23-17(27)12(7-8-32-3)21-16(26)11(20)9-31/h10-13,15,31H,4-9,20H2,1-3H3,(H,21,26)(H,22,28)(H,23,27)(H,24,25)(H,29,30). The smallest absolute Gasteiger partial charge is 0.326 e. The Bertz CT molecular complexity index is 666. The lowest BCUT2D eigenvalue weighted by atomic mass is 9.97. The quantitative estimate of drug-likeness (QED) is 0.138. The fraction of sp³-hybridized carbons (Fsp3) is 0.737. The Morgan fingerprint density at radius 1 is 0.969 bits per heavy atom. The third kappa shape index (κ3) is 11.0. The SMILES string of the molecule is CCC(C)C(NC(=O)C(CCSC)NC(=O)C(N)CS)C(=O)NC(CCC(=O)O)C(=O)O. The number of amides is 3. The fourth-order valence-corrected chi connectivity index (χ4v) is 3.25. The second-order valence-corrected chi connectivity index (χ2v) is 8.69. The third-order valence-corrected chi connectivity index (χ3v) is 5.87. The van der Waals surface area contributed by atoms with Crippen LogP contribution in [0.1, 0.15) is 39.5 Å². The highest BCUT2D eigenvalue weighted by atomic mass is 32.2. The van der Waals surface area contributed by atoms with Crippen LogP contribution in [0, 0.1) is 5.92 Å². The van der Waals surface area contributed by atoms with Gasteiger partial charge in [-0.05, 0) is 30.8 Å². The van der Waals surface area contributed by atoms with Gasteiger partial charge in [-0.15, -0.1) is 0 Å². The van der Waals surface area contributed by atoms with Crippen LogP contribution in [0.3, 0.4) is 0 Å². The van der Waals surface area contributed by atoms with Gasteiger partial charge < -0.3 is 31.9 Å². The van der Waals surface area contributed by atoms with Crippen molar-refractivity contribution >= 4 is 54.1 Å². The molecule has 0 spiro atoms.